The molecule has 0 spiro atoms. The van der Waals surface area contributed by atoms with Crippen molar-refractivity contribution in [1.82, 2.24) is 9.78 Å². The third kappa shape index (κ3) is 5.66. The summed E-state index contributed by atoms with van der Waals surface area (Å²) >= 11 is 7.10. The van der Waals surface area contributed by atoms with Crippen LogP contribution >= 0.6 is 39.5 Å². The zero-order chi connectivity index (χ0) is 20.1. The Morgan fingerprint density at radius 2 is 1.71 bits per heavy atom. The van der Waals surface area contributed by atoms with E-state index >= 15 is 0 Å². The molecule has 0 saturated carbocycles. The van der Waals surface area contributed by atoms with Crippen LogP contribution < -0.4 is 5.73 Å². The summed E-state index contributed by atoms with van der Waals surface area (Å²) in [4.78, 5) is 2.47. The molecule has 1 unspecified atom stereocenters. The summed E-state index contributed by atoms with van der Waals surface area (Å²) < 4.78 is 3.10. The van der Waals surface area contributed by atoms with Crippen molar-refractivity contribution in [2.45, 2.75) is 53.3 Å². The minimum atomic E-state index is 0.150. The highest BCUT2D eigenvalue weighted by atomic mass is 79.9. The summed E-state index contributed by atoms with van der Waals surface area (Å²) in [6, 6.07) is 17.2. The van der Waals surface area contributed by atoms with Gasteiger partial charge in [-0.1, -0.05) is 52.3 Å². The van der Waals surface area contributed by atoms with Crippen molar-refractivity contribution in [3.8, 4) is 0 Å². The number of halogens is 1. The molecular weight excluding hydrogens is 450 g/mol. The largest absolute Gasteiger partial charge is 0.327 e. The van der Waals surface area contributed by atoms with Gasteiger partial charge in [0.25, 0.3) is 0 Å². The number of hydrogen-bond donors (Lipinski definition) is 1. The number of hydrogen-bond acceptors (Lipinski definition) is 4. The Morgan fingerprint density at radius 3 is 2.36 bits per heavy atom. The third-order valence-electron chi connectivity index (χ3n) is 4.59. The van der Waals surface area contributed by atoms with Gasteiger partial charge in [0.1, 0.15) is 5.03 Å². The van der Waals surface area contributed by atoms with E-state index in [0.29, 0.717) is 0 Å². The number of rotatable bonds is 8. The highest BCUT2D eigenvalue weighted by molar-refractivity contribution is 9.10. The molecule has 1 heterocycles. The van der Waals surface area contributed by atoms with E-state index in [1.54, 1.807) is 11.8 Å². The van der Waals surface area contributed by atoms with Gasteiger partial charge in [-0.2, -0.15) is 5.10 Å². The molecule has 3 rings (SSSR count). The molecular formula is C22H26BrN3S2. The number of benzene rings is 2. The molecule has 0 radical (unpaired) electrons. The van der Waals surface area contributed by atoms with Crippen LogP contribution in [0.2, 0.25) is 0 Å². The molecule has 28 heavy (non-hydrogen) atoms. The van der Waals surface area contributed by atoms with Gasteiger partial charge in [0.15, 0.2) is 0 Å². The Bertz CT molecular complexity index is 905. The molecule has 0 aliphatic rings. The van der Waals surface area contributed by atoms with Crippen LogP contribution in [-0.4, -0.2) is 15.8 Å². The molecule has 0 amide bonds. The van der Waals surface area contributed by atoms with Gasteiger partial charge in [0.2, 0.25) is 0 Å². The molecule has 0 bridgehead atoms. The first-order valence-corrected chi connectivity index (χ1v) is 12.0. The standard InChI is InChI=1S/C22H26BrN3S2/c1-4-17(24)13-20-21(14-27-18-9-5-15(2)6-10-18)25-26(3)22(20)28-19-11-7-16(23)8-12-19/h5-12,17H,4,13-14,24H2,1-3H3. The Balaban J connectivity index is 1.85. The van der Waals surface area contributed by atoms with Crippen molar-refractivity contribution >= 4 is 39.5 Å². The average molecular weight is 477 g/mol. The topological polar surface area (TPSA) is 43.8 Å². The van der Waals surface area contributed by atoms with Gasteiger partial charge >= 0.3 is 0 Å². The highest BCUT2D eigenvalue weighted by Gasteiger charge is 2.19. The van der Waals surface area contributed by atoms with E-state index in [0.717, 1.165) is 28.8 Å². The maximum absolute atomic E-state index is 6.33. The molecule has 1 atom stereocenters. The molecule has 2 aromatic carbocycles. The van der Waals surface area contributed by atoms with Crippen LogP contribution in [0.1, 0.15) is 30.2 Å². The Hall–Kier alpha value is -1.21. The third-order valence-corrected chi connectivity index (χ3v) is 7.35. The van der Waals surface area contributed by atoms with E-state index in [4.69, 9.17) is 10.8 Å². The van der Waals surface area contributed by atoms with E-state index in [1.807, 2.05) is 23.5 Å². The summed E-state index contributed by atoms with van der Waals surface area (Å²) in [6.07, 6.45) is 1.81. The SMILES string of the molecule is CCC(N)Cc1c(CSc2ccc(C)cc2)nn(C)c1Sc1ccc(Br)cc1. The number of nitrogens with zero attached hydrogens (tertiary/aromatic N) is 2. The first-order valence-electron chi connectivity index (χ1n) is 9.39. The molecule has 148 valence electrons. The van der Waals surface area contributed by atoms with Crippen LogP contribution in [0.3, 0.4) is 0 Å². The lowest BCUT2D eigenvalue weighted by Gasteiger charge is -2.12. The summed E-state index contributed by atoms with van der Waals surface area (Å²) in [6.45, 7) is 4.26. The maximum Gasteiger partial charge on any atom is 0.102 e. The average Bonchev–Trinajstić information content (AvgIpc) is 2.97. The molecule has 3 aromatic rings. The zero-order valence-corrected chi connectivity index (χ0v) is 19.7. The lowest BCUT2D eigenvalue weighted by molar-refractivity contribution is 0.631. The number of aryl methyl sites for hydroxylation is 2. The van der Waals surface area contributed by atoms with Gasteiger partial charge in [-0.3, -0.25) is 4.68 Å². The fourth-order valence-corrected chi connectivity index (χ4v) is 4.98. The van der Waals surface area contributed by atoms with Crippen LogP contribution in [0, 0.1) is 6.92 Å². The van der Waals surface area contributed by atoms with E-state index in [1.165, 1.54) is 25.9 Å². The van der Waals surface area contributed by atoms with Gasteiger partial charge in [-0.25, -0.2) is 0 Å². The summed E-state index contributed by atoms with van der Waals surface area (Å²) in [5, 5.41) is 6.04. The van der Waals surface area contributed by atoms with Crippen molar-refractivity contribution in [3.05, 3.63) is 69.8 Å². The number of nitrogens with two attached hydrogens (primary N) is 1. The summed E-state index contributed by atoms with van der Waals surface area (Å²) in [5.41, 5.74) is 10.0. The lowest BCUT2D eigenvalue weighted by atomic mass is 10.1. The van der Waals surface area contributed by atoms with Gasteiger partial charge in [0, 0.05) is 38.7 Å². The number of aromatic nitrogens is 2. The van der Waals surface area contributed by atoms with E-state index < -0.39 is 0 Å². The molecule has 6 heteroatoms. The Morgan fingerprint density at radius 1 is 1.07 bits per heavy atom. The molecule has 2 N–H and O–H groups in total. The molecule has 0 fully saturated rings. The molecule has 0 aliphatic heterocycles. The maximum atomic E-state index is 6.33. The van der Waals surface area contributed by atoms with Gasteiger partial charge in [-0.15, -0.1) is 11.8 Å². The predicted octanol–water partition coefficient (Wildman–Crippen LogP) is 6.21. The van der Waals surface area contributed by atoms with Crippen LogP contribution in [0.15, 0.2) is 67.8 Å². The minimum Gasteiger partial charge on any atom is -0.327 e. The van der Waals surface area contributed by atoms with Gasteiger partial charge < -0.3 is 5.73 Å². The molecule has 0 saturated heterocycles. The van der Waals surface area contributed by atoms with Crippen molar-refractivity contribution in [1.29, 1.82) is 0 Å². The quantitative estimate of drug-likeness (QED) is 0.393. The normalized spacial score (nSPS) is 12.3. The van der Waals surface area contributed by atoms with Crippen LogP contribution in [0.25, 0.3) is 0 Å². The predicted molar refractivity (Wildman–Crippen MR) is 124 cm³/mol. The van der Waals surface area contributed by atoms with Gasteiger partial charge in [0.05, 0.1) is 5.69 Å². The molecule has 3 nitrogen and oxygen atoms in total. The Labute approximate surface area is 184 Å². The minimum absolute atomic E-state index is 0.150. The van der Waals surface area contributed by atoms with E-state index in [2.05, 4.69) is 78.3 Å². The van der Waals surface area contributed by atoms with Crippen LogP contribution in [0.4, 0.5) is 0 Å². The summed E-state index contributed by atoms with van der Waals surface area (Å²) in [7, 11) is 2.03. The van der Waals surface area contributed by atoms with Crippen molar-refractivity contribution in [2.75, 3.05) is 0 Å². The number of thioether (sulfide) groups is 1. The van der Waals surface area contributed by atoms with Gasteiger partial charge in [-0.05, 0) is 56.2 Å². The van der Waals surface area contributed by atoms with Crippen molar-refractivity contribution < 1.29 is 0 Å². The lowest BCUT2D eigenvalue weighted by Crippen LogP contribution is -2.22. The fraction of sp³-hybridized carbons (Fsp3) is 0.318. The first-order chi connectivity index (χ1) is 13.5. The highest BCUT2D eigenvalue weighted by Crippen LogP contribution is 2.35. The van der Waals surface area contributed by atoms with E-state index in [-0.39, 0.29) is 6.04 Å². The fourth-order valence-electron chi connectivity index (χ4n) is 2.86. The molecule has 1 aromatic heterocycles. The second-order valence-corrected chi connectivity index (χ2v) is 9.91. The Kier molecular flexibility index (Phi) is 7.69. The second kappa shape index (κ2) is 10.0. The monoisotopic (exact) mass is 475 g/mol. The van der Waals surface area contributed by atoms with Crippen molar-refractivity contribution in [2.24, 2.45) is 12.8 Å². The summed E-state index contributed by atoms with van der Waals surface area (Å²) in [5.74, 6) is 0.851. The molecule has 0 aliphatic carbocycles. The second-order valence-electron chi connectivity index (χ2n) is 6.88. The first kappa shape index (κ1) is 21.5. The van der Waals surface area contributed by atoms with Crippen molar-refractivity contribution in [3.63, 3.8) is 0 Å². The van der Waals surface area contributed by atoms with Crippen LogP contribution in [-0.2, 0) is 19.2 Å². The smallest absolute Gasteiger partial charge is 0.102 e. The zero-order valence-electron chi connectivity index (χ0n) is 16.5. The van der Waals surface area contributed by atoms with Crippen LogP contribution in [0.5, 0.6) is 0 Å². The van der Waals surface area contributed by atoms with E-state index in [9.17, 15) is 0 Å².